The van der Waals surface area contributed by atoms with Crippen molar-refractivity contribution in [3.05, 3.63) is 54.1 Å². The third kappa shape index (κ3) is 3.91. The maximum atomic E-state index is 11.5. The lowest BCUT2D eigenvalue weighted by Gasteiger charge is -2.09. The standard InChI is InChI=1S/C15H18O2/c1-5-13-6-8-14(9-7-13)10-17-15(16)12(4)11(2)3/h5-9,11H,1,4,10H2,2-3H3. The van der Waals surface area contributed by atoms with Crippen LogP contribution in [0.4, 0.5) is 0 Å². The van der Waals surface area contributed by atoms with Crippen LogP contribution in [0.2, 0.25) is 0 Å². The number of carbonyl (C=O) groups excluding carboxylic acids is 1. The summed E-state index contributed by atoms with van der Waals surface area (Å²) in [6.07, 6.45) is 1.77. The Morgan fingerprint density at radius 3 is 2.41 bits per heavy atom. The summed E-state index contributed by atoms with van der Waals surface area (Å²) in [4.78, 5) is 11.5. The fourth-order valence-corrected chi connectivity index (χ4v) is 1.23. The van der Waals surface area contributed by atoms with E-state index in [4.69, 9.17) is 4.74 Å². The molecule has 0 amide bonds. The van der Waals surface area contributed by atoms with Crippen LogP contribution in [0.1, 0.15) is 25.0 Å². The second-order valence-electron chi connectivity index (χ2n) is 4.20. The highest BCUT2D eigenvalue weighted by Gasteiger charge is 2.11. The van der Waals surface area contributed by atoms with Crippen LogP contribution in [0.3, 0.4) is 0 Å². The van der Waals surface area contributed by atoms with E-state index in [-0.39, 0.29) is 18.5 Å². The summed E-state index contributed by atoms with van der Waals surface area (Å²) in [5.41, 5.74) is 2.51. The molecule has 0 spiro atoms. The van der Waals surface area contributed by atoms with Gasteiger partial charge in [-0.15, -0.1) is 0 Å². The van der Waals surface area contributed by atoms with Crippen molar-refractivity contribution < 1.29 is 9.53 Å². The van der Waals surface area contributed by atoms with Gasteiger partial charge in [0.2, 0.25) is 0 Å². The fourth-order valence-electron chi connectivity index (χ4n) is 1.23. The lowest BCUT2D eigenvalue weighted by Crippen LogP contribution is -2.11. The van der Waals surface area contributed by atoms with E-state index in [1.807, 2.05) is 38.1 Å². The van der Waals surface area contributed by atoms with Gasteiger partial charge in [-0.3, -0.25) is 0 Å². The maximum Gasteiger partial charge on any atom is 0.333 e. The van der Waals surface area contributed by atoms with E-state index in [0.29, 0.717) is 5.57 Å². The smallest absolute Gasteiger partial charge is 0.333 e. The second-order valence-corrected chi connectivity index (χ2v) is 4.20. The normalized spacial score (nSPS) is 10.1. The highest BCUT2D eigenvalue weighted by Crippen LogP contribution is 2.11. The first-order valence-electron chi connectivity index (χ1n) is 5.62. The molecule has 0 fully saturated rings. The molecule has 1 aromatic rings. The van der Waals surface area contributed by atoms with Crippen molar-refractivity contribution in [1.82, 2.24) is 0 Å². The van der Waals surface area contributed by atoms with Crippen molar-refractivity contribution in [3.8, 4) is 0 Å². The molecular weight excluding hydrogens is 212 g/mol. The number of ether oxygens (including phenoxy) is 1. The van der Waals surface area contributed by atoms with E-state index < -0.39 is 0 Å². The zero-order chi connectivity index (χ0) is 12.8. The number of carbonyl (C=O) groups is 1. The molecule has 0 bridgehead atoms. The van der Waals surface area contributed by atoms with Gasteiger partial charge in [0.05, 0.1) is 0 Å². The van der Waals surface area contributed by atoms with E-state index >= 15 is 0 Å². The zero-order valence-corrected chi connectivity index (χ0v) is 10.4. The minimum Gasteiger partial charge on any atom is -0.457 e. The third-order valence-electron chi connectivity index (χ3n) is 2.54. The molecule has 2 heteroatoms. The molecule has 2 nitrogen and oxygen atoms in total. The van der Waals surface area contributed by atoms with Gasteiger partial charge >= 0.3 is 5.97 Å². The van der Waals surface area contributed by atoms with Crippen LogP contribution in [-0.4, -0.2) is 5.97 Å². The SMILES string of the molecule is C=Cc1ccc(COC(=O)C(=C)C(C)C)cc1. The highest BCUT2D eigenvalue weighted by atomic mass is 16.5. The Bertz CT molecular complexity index is 413. The topological polar surface area (TPSA) is 26.3 Å². The van der Waals surface area contributed by atoms with Crippen molar-refractivity contribution in [1.29, 1.82) is 0 Å². The number of hydrogen-bond donors (Lipinski definition) is 0. The van der Waals surface area contributed by atoms with Crippen molar-refractivity contribution in [2.24, 2.45) is 5.92 Å². The average Bonchev–Trinajstić information content (AvgIpc) is 2.35. The summed E-state index contributed by atoms with van der Waals surface area (Å²) in [7, 11) is 0. The monoisotopic (exact) mass is 230 g/mol. The summed E-state index contributed by atoms with van der Waals surface area (Å²) >= 11 is 0. The first-order chi connectivity index (χ1) is 8.04. The Kier molecular flexibility index (Phi) is 4.70. The molecule has 0 aromatic heterocycles. The fraction of sp³-hybridized carbons (Fsp3) is 0.267. The van der Waals surface area contributed by atoms with Gasteiger partial charge in [-0.05, 0) is 17.0 Å². The number of hydrogen-bond acceptors (Lipinski definition) is 2. The van der Waals surface area contributed by atoms with Crippen LogP contribution in [0, 0.1) is 5.92 Å². The van der Waals surface area contributed by atoms with E-state index in [0.717, 1.165) is 11.1 Å². The number of esters is 1. The maximum absolute atomic E-state index is 11.5. The lowest BCUT2D eigenvalue weighted by atomic mass is 10.1. The van der Waals surface area contributed by atoms with Crippen molar-refractivity contribution >= 4 is 12.0 Å². The van der Waals surface area contributed by atoms with E-state index in [2.05, 4.69) is 13.2 Å². The van der Waals surface area contributed by atoms with Gasteiger partial charge < -0.3 is 4.74 Å². The van der Waals surface area contributed by atoms with Gasteiger partial charge in [0.15, 0.2) is 0 Å². The quantitative estimate of drug-likeness (QED) is 0.571. The number of rotatable bonds is 5. The van der Waals surface area contributed by atoms with Crippen LogP contribution in [0.25, 0.3) is 6.08 Å². The molecule has 0 saturated heterocycles. The summed E-state index contributed by atoms with van der Waals surface area (Å²) < 4.78 is 5.16. The Labute approximate surface area is 103 Å². The van der Waals surface area contributed by atoms with E-state index in [1.54, 1.807) is 6.08 Å². The Hall–Kier alpha value is -1.83. The lowest BCUT2D eigenvalue weighted by molar-refractivity contribution is -0.140. The molecule has 1 aromatic carbocycles. The molecule has 17 heavy (non-hydrogen) atoms. The molecule has 0 N–H and O–H groups in total. The van der Waals surface area contributed by atoms with Crippen LogP contribution in [-0.2, 0) is 16.1 Å². The summed E-state index contributed by atoms with van der Waals surface area (Å²) in [5.74, 6) is -0.210. The van der Waals surface area contributed by atoms with Gasteiger partial charge in [0.1, 0.15) is 6.61 Å². The molecule has 0 heterocycles. The van der Waals surface area contributed by atoms with Crippen LogP contribution < -0.4 is 0 Å². The molecule has 0 unspecified atom stereocenters. The first-order valence-corrected chi connectivity index (χ1v) is 5.62. The predicted molar refractivity (Wildman–Crippen MR) is 70.3 cm³/mol. The molecule has 0 aliphatic heterocycles. The molecule has 0 atom stereocenters. The Balaban J connectivity index is 2.52. The van der Waals surface area contributed by atoms with Crippen molar-refractivity contribution in [2.45, 2.75) is 20.5 Å². The van der Waals surface area contributed by atoms with Gasteiger partial charge in [0.25, 0.3) is 0 Å². The molecular formula is C15H18O2. The van der Waals surface area contributed by atoms with Crippen molar-refractivity contribution in [2.75, 3.05) is 0 Å². The third-order valence-corrected chi connectivity index (χ3v) is 2.54. The van der Waals surface area contributed by atoms with Gasteiger partial charge in [-0.1, -0.05) is 57.3 Å². The van der Waals surface area contributed by atoms with Crippen LogP contribution >= 0.6 is 0 Å². The van der Waals surface area contributed by atoms with E-state index in [1.165, 1.54) is 0 Å². The molecule has 0 radical (unpaired) electrons. The Morgan fingerprint density at radius 2 is 1.94 bits per heavy atom. The molecule has 0 aliphatic rings. The average molecular weight is 230 g/mol. The zero-order valence-electron chi connectivity index (χ0n) is 10.4. The Morgan fingerprint density at radius 1 is 1.35 bits per heavy atom. The van der Waals surface area contributed by atoms with Gasteiger partial charge in [-0.25, -0.2) is 4.79 Å². The molecule has 90 valence electrons. The van der Waals surface area contributed by atoms with Crippen LogP contribution in [0.15, 0.2) is 43.0 Å². The largest absolute Gasteiger partial charge is 0.457 e. The summed E-state index contributed by atoms with van der Waals surface area (Å²) in [6, 6.07) is 7.71. The molecule has 0 aliphatic carbocycles. The second kappa shape index (κ2) is 6.04. The predicted octanol–water partition coefficient (Wildman–Crippen LogP) is 3.59. The van der Waals surface area contributed by atoms with E-state index in [9.17, 15) is 4.79 Å². The molecule has 1 rings (SSSR count). The van der Waals surface area contributed by atoms with Gasteiger partial charge in [-0.2, -0.15) is 0 Å². The van der Waals surface area contributed by atoms with Gasteiger partial charge in [0, 0.05) is 5.57 Å². The number of benzene rings is 1. The summed E-state index contributed by atoms with van der Waals surface area (Å²) in [6.45, 7) is 11.5. The first kappa shape index (κ1) is 13.2. The molecule has 0 saturated carbocycles. The minimum atomic E-state index is -0.326. The van der Waals surface area contributed by atoms with Crippen molar-refractivity contribution in [3.63, 3.8) is 0 Å². The minimum absolute atomic E-state index is 0.116. The van der Waals surface area contributed by atoms with Crippen LogP contribution in [0.5, 0.6) is 0 Å². The highest BCUT2D eigenvalue weighted by molar-refractivity contribution is 5.88. The summed E-state index contributed by atoms with van der Waals surface area (Å²) in [5, 5.41) is 0.